The second kappa shape index (κ2) is 4.60. The average Bonchev–Trinajstić information content (AvgIpc) is 2.30. The van der Waals surface area contributed by atoms with Crippen LogP contribution in [0.3, 0.4) is 0 Å². The summed E-state index contributed by atoms with van der Waals surface area (Å²) in [4.78, 5) is 7.97. The van der Waals surface area contributed by atoms with Gasteiger partial charge in [0.1, 0.15) is 11.2 Å². The third-order valence-corrected chi connectivity index (χ3v) is 2.13. The molecule has 0 spiro atoms. The summed E-state index contributed by atoms with van der Waals surface area (Å²) in [7, 11) is 0. The number of rotatable bonds is 2. The maximum absolute atomic E-state index is 8.89. The minimum atomic E-state index is 0.354. The Morgan fingerprint density at radius 1 is 1.25 bits per heavy atom. The summed E-state index contributed by atoms with van der Waals surface area (Å²) < 4.78 is 0. The van der Waals surface area contributed by atoms with Crippen LogP contribution in [-0.4, -0.2) is 9.97 Å². The quantitative estimate of drug-likeness (QED) is 0.806. The van der Waals surface area contributed by atoms with Crippen molar-refractivity contribution < 1.29 is 0 Å². The van der Waals surface area contributed by atoms with Crippen molar-refractivity contribution in [1.29, 1.82) is 5.26 Å². The van der Waals surface area contributed by atoms with Gasteiger partial charge in [-0.3, -0.25) is 0 Å². The molecule has 0 aliphatic rings. The van der Waals surface area contributed by atoms with E-state index in [9.17, 15) is 0 Å². The van der Waals surface area contributed by atoms with Crippen molar-refractivity contribution in [3.8, 4) is 6.07 Å². The lowest BCUT2D eigenvalue weighted by atomic mass is 10.2. The topological polar surface area (TPSA) is 61.6 Å². The van der Waals surface area contributed by atoms with Gasteiger partial charge in [-0.15, -0.1) is 0 Å². The molecule has 16 heavy (non-hydrogen) atoms. The van der Waals surface area contributed by atoms with Crippen LogP contribution in [0.5, 0.6) is 0 Å². The molecule has 1 aromatic carbocycles. The van der Waals surface area contributed by atoms with Crippen LogP contribution < -0.4 is 5.32 Å². The van der Waals surface area contributed by atoms with Gasteiger partial charge < -0.3 is 5.32 Å². The van der Waals surface area contributed by atoms with Gasteiger partial charge in [-0.05, 0) is 18.2 Å². The number of halogens is 1. The molecule has 0 saturated heterocycles. The Hall–Kier alpha value is -2.12. The maximum Gasteiger partial charge on any atom is 0.228 e. The zero-order valence-corrected chi connectivity index (χ0v) is 8.94. The van der Waals surface area contributed by atoms with Crippen LogP contribution >= 0.6 is 11.6 Å². The first kappa shape index (κ1) is 10.4. The molecule has 2 aromatic rings. The Morgan fingerprint density at radius 3 is 2.81 bits per heavy atom. The lowest BCUT2D eigenvalue weighted by Crippen LogP contribution is -1.98. The number of hydrogen-bond donors (Lipinski definition) is 1. The summed E-state index contributed by atoms with van der Waals surface area (Å²) >= 11 is 5.73. The fourth-order valence-electron chi connectivity index (χ4n) is 1.21. The Morgan fingerprint density at radius 2 is 2.06 bits per heavy atom. The van der Waals surface area contributed by atoms with Crippen LogP contribution in [0.25, 0.3) is 0 Å². The third kappa shape index (κ3) is 2.27. The van der Waals surface area contributed by atoms with Gasteiger partial charge >= 0.3 is 0 Å². The van der Waals surface area contributed by atoms with Crippen molar-refractivity contribution in [2.45, 2.75) is 0 Å². The summed E-state index contributed by atoms with van der Waals surface area (Å²) in [5.41, 5.74) is 1.19. The monoisotopic (exact) mass is 230 g/mol. The zero-order chi connectivity index (χ0) is 11.4. The van der Waals surface area contributed by atoms with E-state index in [1.54, 1.807) is 30.5 Å². The van der Waals surface area contributed by atoms with Crippen LogP contribution in [0, 0.1) is 11.3 Å². The molecule has 0 saturated carbocycles. The van der Waals surface area contributed by atoms with Gasteiger partial charge in [-0.2, -0.15) is 5.26 Å². The number of nitriles is 1. The largest absolute Gasteiger partial charge is 0.323 e. The summed E-state index contributed by atoms with van der Waals surface area (Å²) in [5, 5.41) is 12.2. The molecule has 78 valence electrons. The van der Waals surface area contributed by atoms with E-state index in [4.69, 9.17) is 16.9 Å². The highest BCUT2D eigenvalue weighted by atomic mass is 35.5. The van der Waals surface area contributed by atoms with E-state index < -0.39 is 0 Å². The van der Waals surface area contributed by atoms with Crippen molar-refractivity contribution in [3.05, 3.63) is 47.2 Å². The normalized spacial score (nSPS) is 9.50. The van der Waals surface area contributed by atoms with E-state index in [2.05, 4.69) is 21.4 Å². The lowest BCUT2D eigenvalue weighted by Gasteiger charge is -2.05. The number of anilines is 2. The molecule has 0 amide bonds. The van der Waals surface area contributed by atoms with E-state index in [-0.39, 0.29) is 0 Å². The molecule has 0 fully saturated rings. The first-order valence-corrected chi connectivity index (χ1v) is 4.92. The SMILES string of the molecule is N#Cc1ccccc1Nc1nccc(Cl)n1. The number of hydrogen-bond acceptors (Lipinski definition) is 4. The summed E-state index contributed by atoms with van der Waals surface area (Å²) in [6.45, 7) is 0. The Labute approximate surface area is 97.5 Å². The fourth-order valence-corrected chi connectivity index (χ4v) is 1.34. The highest BCUT2D eigenvalue weighted by Gasteiger charge is 2.02. The van der Waals surface area contributed by atoms with Gasteiger partial charge in [0.15, 0.2) is 0 Å². The highest BCUT2D eigenvalue weighted by molar-refractivity contribution is 6.29. The molecule has 0 atom stereocenters. The Kier molecular flexibility index (Phi) is 2.99. The Balaban J connectivity index is 2.31. The Bertz CT molecular complexity index is 548. The van der Waals surface area contributed by atoms with Gasteiger partial charge in [0.2, 0.25) is 5.95 Å². The average molecular weight is 231 g/mol. The van der Waals surface area contributed by atoms with Crippen LogP contribution in [0.15, 0.2) is 36.5 Å². The van der Waals surface area contributed by atoms with Crippen molar-refractivity contribution in [1.82, 2.24) is 9.97 Å². The van der Waals surface area contributed by atoms with Crippen molar-refractivity contribution in [2.24, 2.45) is 0 Å². The molecule has 0 aliphatic heterocycles. The van der Waals surface area contributed by atoms with Crippen LogP contribution in [0.2, 0.25) is 5.15 Å². The van der Waals surface area contributed by atoms with Gasteiger partial charge in [0, 0.05) is 6.20 Å². The summed E-state index contributed by atoms with van der Waals surface area (Å²) in [6.07, 6.45) is 1.55. The van der Waals surface area contributed by atoms with Crippen molar-refractivity contribution in [2.75, 3.05) is 5.32 Å². The molecule has 0 aliphatic carbocycles. The minimum Gasteiger partial charge on any atom is -0.323 e. The second-order valence-corrected chi connectivity index (χ2v) is 3.37. The molecule has 0 bridgehead atoms. The van der Waals surface area contributed by atoms with Crippen LogP contribution in [0.4, 0.5) is 11.6 Å². The van der Waals surface area contributed by atoms with E-state index in [1.807, 2.05) is 6.07 Å². The smallest absolute Gasteiger partial charge is 0.228 e. The molecule has 1 heterocycles. The molecular weight excluding hydrogens is 224 g/mol. The predicted molar refractivity (Wildman–Crippen MR) is 61.5 cm³/mol. The summed E-state index contributed by atoms with van der Waals surface area (Å²) in [5.74, 6) is 0.371. The molecule has 4 nitrogen and oxygen atoms in total. The van der Waals surface area contributed by atoms with E-state index in [1.165, 1.54) is 0 Å². The van der Waals surface area contributed by atoms with E-state index >= 15 is 0 Å². The minimum absolute atomic E-state index is 0.354. The second-order valence-electron chi connectivity index (χ2n) is 2.99. The van der Waals surface area contributed by atoms with Crippen LogP contribution in [-0.2, 0) is 0 Å². The number of para-hydroxylation sites is 1. The van der Waals surface area contributed by atoms with Crippen molar-refractivity contribution in [3.63, 3.8) is 0 Å². The number of aromatic nitrogens is 2. The highest BCUT2D eigenvalue weighted by Crippen LogP contribution is 2.18. The number of benzene rings is 1. The first-order chi connectivity index (χ1) is 7.79. The number of nitrogens with zero attached hydrogens (tertiary/aromatic N) is 3. The van der Waals surface area contributed by atoms with Gasteiger partial charge in [-0.25, -0.2) is 9.97 Å². The van der Waals surface area contributed by atoms with Crippen LogP contribution in [0.1, 0.15) is 5.56 Å². The predicted octanol–water partition coefficient (Wildman–Crippen LogP) is 2.75. The van der Waals surface area contributed by atoms with E-state index in [0.29, 0.717) is 22.4 Å². The number of nitrogens with one attached hydrogen (secondary N) is 1. The van der Waals surface area contributed by atoms with Gasteiger partial charge in [-0.1, -0.05) is 23.7 Å². The van der Waals surface area contributed by atoms with Gasteiger partial charge in [0.25, 0.3) is 0 Å². The first-order valence-electron chi connectivity index (χ1n) is 4.54. The standard InChI is InChI=1S/C11H7ClN4/c12-10-5-6-14-11(16-10)15-9-4-2-1-3-8(9)7-13/h1-6H,(H,14,15,16). The molecule has 0 radical (unpaired) electrons. The molecule has 0 unspecified atom stereocenters. The molecule has 2 rings (SSSR count). The molecule has 5 heteroatoms. The summed E-state index contributed by atoms with van der Waals surface area (Å²) in [6, 6.07) is 10.8. The fraction of sp³-hybridized carbons (Fsp3) is 0. The maximum atomic E-state index is 8.89. The molecular formula is C11H7ClN4. The van der Waals surface area contributed by atoms with E-state index in [0.717, 1.165) is 0 Å². The lowest BCUT2D eigenvalue weighted by molar-refractivity contribution is 1.16. The zero-order valence-electron chi connectivity index (χ0n) is 8.18. The van der Waals surface area contributed by atoms with Gasteiger partial charge in [0.05, 0.1) is 11.3 Å². The van der Waals surface area contributed by atoms with Crippen molar-refractivity contribution >= 4 is 23.2 Å². The molecule has 1 N–H and O–H groups in total. The third-order valence-electron chi connectivity index (χ3n) is 1.92. The molecule has 1 aromatic heterocycles.